The summed E-state index contributed by atoms with van der Waals surface area (Å²) in [7, 11) is 1.77. The zero-order chi connectivity index (χ0) is 19.3. The Bertz CT molecular complexity index is 813. The lowest BCUT2D eigenvalue weighted by atomic mass is 10.1. The van der Waals surface area contributed by atoms with Gasteiger partial charge in [0.25, 0.3) is 0 Å². The molecule has 2 aromatic carbocycles. The summed E-state index contributed by atoms with van der Waals surface area (Å²) >= 11 is 0. The molecule has 2 aromatic rings. The van der Waals surface area contributed by atoms with Crippen LogP contribution in [0.1, 0.15) is 11.1 Å². The van der Waals surface area contributed by atoms with Gasteiger partial charge in [-0.3, -0.25) is 9.89 Å². The molecule has 0 aliphatic carbocycles. The highest BCUT2D eigenvalue weighted by Crippen LogP contribution is 2.24. The SMILES string of the molecule is CN=C(NCc1ccccc1F)N1CC2OCCN(Cc3ccccc3)C2C1. The monoisotopic (exact) mass is 382 g/mol. The number of halogens is 1. The van der Waals surface area contributed by atoms with Crippen LogP contribution in [0, 0.1) is 5.82 Å². The molecule has 6 heteroatoms. The van der Waals surface area contributed by atoms with E-state index >= 15 is 0 Å². The molecule has 1 N–H and O–H groups in total. The summed E-state index contributed by atoms with van der Waals surface area (Å²) in [6.07, 6.45) is 0.171. The van der Waals surface area contributed by atoms with Crippen LogP contribution in [0.5, 0.6) is 0 Å². The van der Waals surface area contributed by atoms with Crippen molar-refractivity contribution in [3.8, 4) is 0 Å². The number of hydrogen-bond acceptors (Lipinski definition) is 3. The van der Waals surface area contributed by atoms with E-state index < -0.39 is 0 Å². The number of nitrogens with zero attached hydrogens (tertiary/aromatic N) is 3. The number of guanidine groups is 1. The smallest absolute Gasteiger partial charge is 0.194 e. The number of rotatable bonds is 4. The first-order chi connectivity index (χ1) is 13.7. The van der Waals surface area contributed by atoms with Crippen molar-refractivity contribution in [2.24, 2.45) is 4.99 Å². The van der Waals surface area contributed by atoms with Crippen LogP contribution in [-0.2, 0) is 17.8 Å². The maximum absolute atomic E-state index is 13.9. The van der Waals surface area contributed by atoms with E-state index in [1.54, 1.807) is 19.2 Å². The van der Waals surface area contributed by atoms with Crippen LogP contribution in [0.3, 0.4) is 0 Å². The standard InChI is InChI=1S/C22H27FN4O/c1-24-22(25-13-18-9-5-6-10-19(18)23)27-15-20-21(16-27)28-12-11-26(20)14-17-7-3-2-4-8-17/h2-10,20-21H,11-16H2,1H3,(H,24,25). The molecule has 2 unspecified atom stereocenters. The average Bonchev–Trinajstić information content (AvgIpc) is 3.16. The molecule has 0 bridgehead atoms. The molecule has 0 aromatic heterocycles. The third kappa shape index (κ3) is 4.18. The molecule has 2 saturated heterocycles. The normalized spacial score (nSPS) is 22.9. The molecule has 2 aliphatic heterocycles. The Hall–Kier alpha value is -2.44. The highest BCUT2D eigenvalue weighted by atomic mass is 19.1. The second-order valence-electron chi connectivity index (χ2n) is 7.33. The molecular formula is C22H27FN4O. The van der Waals surface area contributed by atoms with E-state index in [4.69, 9.17) is 4.74 Å². The van der Waals surface area contributed by atoms with Crippen LogP contribution in [0.25, 0.3) is 0 Å². The molecule has 5 nitrogen and oxygen atoms in total. The van der Waals surface area contributed by atoms with Crippen LogP contribution < -0.4 is 5.32 Å². The van der Waals surface area contributed by atoms with E-state index in [9.17, 15) is 4.39 Å². The molecule has 2 heterocycles. The van der Waals surface area contributed by atoms with E-state index in [1.807, 2.05) is 12.1 Å². The zero-order valence-corrected chi connectivity index (χ0v) is 16.2. The fraction of sp³-hybridized carbons (Fsp3) is 0.409. The van der Waals surface area contributed by atoms with E-state index in [2.05, 4.69) is 44.4 Å². The van der Waals surface area contributed by atoms with Crippen LogP contribution in [0.2, 0.25) is 0 Å². The number of hydrogen-bond donors (Lipinski definition) is 1. The predicted molar refractivity (Wildman–Crippen MR) is 109 cm³/mol. The molecule has 2 fully saturated rings. The number of morpholine rings is 1. The summed E-state index contributed by atoms with van der Waals surface area (Å²) in [6.45, 7) is 4.69. The lowest BCUT2D eigenvalue weighted by Crippen LogP contribution is -2.50. The molecule has 2 aliphatic rings. The second-order valence-corrected chi connectivity index (χ2v) is 7.33. The number of nitrogens with one attached hydrogen (secondary N) is 1. The van der Waals surface area contributed by atoms with Crippen molar-refractivity contribution in [2.45, 2.75) is 25.2 Å². The minimum atomic E-state index is -0.196. The lowest BCUT2D eigenvalue weighted by molar-refractivity contribution is -0.0502. The van der Waals surface area contributed by atoms with Crippen molar-refractivity contribution in [2.75, 3.05) is 33.3 Å². The summed E-state index contributed by atoms with van der Waals surface area (Å²) in [6, 6.07) is 17.7. The summed E-state index contributed by atoms with van der Waals surface area (Å²) < 4.78 is 20.0. The predicted octanol–water partition coefficient (Wildman–Crippen LogP) is 2.49. The number of likely N-dealkylation sites (tertiary alicyclic amines) is 1. The number of benzene rings is 2. The van der Waals surface area contributed by atoms with Gasteiger partial charge in [0.05, 0.1) is 18.8 Å². The summed E-state index contributed by atoms with van der Waals surface area (Å²) in [4.78, 5) is 9.15. The number of ether oxygens (including phenoxy) is 1. The van der Waals surface area contributed by atoms with Crippen LogP contribution in [-0.4, -0.2) is 61.2 Å². The van der Waals surface area contributed by atoms with Gasteiger partial charge >= 0.3 is 0 Å². The van der Waals surface area contributed by atoms with Gasteiger partial charge in [0.1, 0.15) is 5.82 Å². The molecular weight excluding hydrogens is 355 g/mol. The van der Waals surface area contributed by atoms with Gasteiger partial charge in [-0.25, -0.2) is 4.39 Å². The fourth-order valence-electron chi connectivity index (χ4n) is 4.09. The van der Waals surface area contributed by atoms with Crippen LogP contribution in [0.4, 0.5) is 4.39 Å². The zero-order valence-electron chi connectivity index (χ0n) is 16.2. The molecule has 28 heavy (non-hydrogen) atoms. The van der Waals surface area contributed by atoms with Crippen molar-refractivity contribution < 1.29 is 9.13 Å². The topological polar surface area (TPSA) is 40.1 Å². The molecule has 2 atom stereocenters. The first-order valence-electron chi connectivity index (χ1n) is 9.83. The van der Waals surface area contributed by atoms with Crippen molar-refractivity contribution in [1.29, 1.82) is 0 Å². The van der Waals surface area contributed by atoms with Crippen molar-refractivity contribution in [3.05, 3.63) is 71.5 Å². The minimum Gasteiger partial charge on any atom is -0.373 e. The highest BCUT2D eigenvalue weighted by molar-refractivity contribution is 5.80. The Morgan fingerprint density at radius 2 is 1.93 bits per heavy atom. The van der Waals surface area contributed by atoms with E-state index in [1.165, 1.54) is 11.6 Å². The Balaban J connectivity index is 1.40. The summed E-state index contributed by atoms with van der Waals surface area (Å²) in [5, 5.41) is 3.30. The lowest BCUT2D eigenvalue weighted by Gasteiger charge is -2.36. The first kappa shape index (κ1) is 18.9. The Morgan fingerprint density at radius 1 is 1.14 bits per heavy atom. The number of fused-ring (bicyclic) bond motifs is 1. The Morgan fingerprint density at radius 3 is 2.71 bits per heavy atom. The fourth-order valence-corrected chi connectivity index (χ4v) is 4.09. The van der Waals surface area contributed by atoms with Gasteiger partial charge in [0.2, 0.25) is 0 Å². The summed E-state index contributed by atoms with van der Waals surface area (Å²) in [5.74, 6) is 0.596. The van der Waals surface area contributed by atoms with Gasteiger partial charge in [-0.05, 0) is 11.6 Å². The maximum atomic E-state index is 13.9. The van der Waals surface area contributed by atoms with Crippen molar-refractivity contribution in [3.63, 3.8) is 0 Å². The first-order valence-corrected chi connectivity index (χ1v) is 9.83. The third-order valence-corrected chi connectivity index (χ3v) is 5.55. The summed E-state index contributed by atoms with van der Waals surface area (Å²) in [5.41, 5.74) is 1.96. The minimum absolute atomic E-state index is 0.171. The molecule has 0 spiro atoms. The van der Waals surface area contributed by atoms with E-state index in [0.29, 0.717) is 18.2 Å². The molecule has 0 amide bonds. The molecule has 0 radical (unpaired) electrons. The van der Waals surface area contributed by atoms with Gasteiger partial charge in [-0.15, -0.1) is 0 Å². The highest BCUT2D eigenvalue weighted by Gasteiger charge is 2.41. The maximum Gasteiger partial charge on any atom is 0.194 e. The van der Waals surface area contributed by atoms with E-state index in [0.717, 1.165) is 38.7 Å². The van der Waals surface area contributed by atoms with Crippen LogP contribution >= 0.6 is 0 Å². The quantitative estimate of drug-likeness (QED) is 0.652. The van der Waals surface area contributed by atoms with Gasteiger partial charge in [-0.2, -0.15) is 0 Å². The van der Waals surface area contributed by atoms with E-state index in [-0.39, 0.29) is 11.9 Å². The Labute approximate surface area is 165 Å². The largest absolute Gasteiger partial charge is 0.373 e. The molecule has 0 saturated carbocycles. The van der Waals surface area contributed by atoms with Crippen LogP contribution in [0.15, 0.2) is 59.6 Å². The second kappa shape index (κ2) is 8.71. The van der Waals surface area contributed by atoms with Gasteiger partial charge in [-0.1, -0.05) is 48.5 Å². The number of aliphatic imine (C=N–C) groups is 1. The molecule has 148 valence electrons. The average molecular weight is 382 g/mol. The third-order valence-electron chi connectivity index (χ3n) is 5.55. The molecule has 4 rings (SSSR count). The van der Waals surface area contributed by atoms with Crippen molar-refractivity contribution in [1.82, 2.24) is 15.1 Å². The van der Waals surface area contributed by atoms with Crippen molar-refractivity contribution >= 4 is 5.96 Å². The Kier molecular flexibility index (Phi) is 5.88. The van der Waals surface area contributed by atoms with Gasteiger partial charge < -0.3 is 15.0 Å². The van der Waals surface area contributed by atoms with Gasteiger partial charge in [0.15, 0.2) is 5.96 Å². The van der Waals surface area contributed by atoms with Gasteiger partial charge in [0, 0.05) is 45.3 Å².